The Kier molecular flexibility index (Phi) is 3.53. The minimum absolute atomic E-state index is 0.144. The van der Waals surface area contributed by atoms with Crippen LogP contribution in [0.4, 0.5) is 0 Å². The van der Waals surface area contributed by atoms with Crippen LogP contribution in [0.15, 0.2) is 39.7 Å². The summed E-state index contributed by atoms with van der Waals surface area (Å²) in [7, 11) is 0. The summed E-state index contributed by atoms with van der Waals surface area (Å²) in [6.45, 7) is 0. The monoisotopic (exact) mass is 313 g/mol. The van der Waals surface area contributed by atoms with Crippen LogP contribution in [0.3, 0.4) is 0 Å². The summed E-state index contributed by atoms with van der Waals surface area (Å²) in [6.07, 6.45) is 5.76. The van der Waals surface area contributed by atoms with Gasteiger partial charge in [0.25, 0.3) is 11.5 Å². The van der Waals surface area contributed by atoms with Crippen molar-refractivity contribution in [1.82, 2.24) is 15.6 Å². The third-order valence-electron chi connectivity index (χ3n) is 4.75. The smallest absolute Gasteiger partial charge is 0.261 e. The molecule has 3 N–H and O–H groups in total. The Labute approximate surface area is 133 Å². The quantitative estimate of drug-likeness (QED) is 0.804. The minimum Gasteiger partial charge on any atom is -0.463 e. The summed E-state index contributed by atoms with van der Waals surface area (Å²) in [5.74, 6) is 0.271. The van der Waals surface area contributed by atoms with Gasteiger partial charge in [-0.2, -0.15) is 0 Å². The molecule has 23 heavy (non-hydrogen) atoms. The van der Waals surface area contributed by atoms with E-state index in [-0.39, 0.29) is 17.5 Å². The number of carbonyl (C=O) groups excluding carboxylic acids is 1. The summed E-state index contributed by atoms with van der Waals surface area (Å²) in [4.78, 5) is 27.3. The lowest BCUT2D eigenvalue weighted by Crippen LogP contribution is -2.48. The van der Waals surface area contributed by atoms with Gasteiger partial charge in [0.1, 0.15) is 11.3 Å². The third kappa shape index (κ3) is 2.82. The maximum absolute atomic E-state index is 12.4. The number of nitrogens with one attached hydrogen (secondary N) is 3. The van der Waals surface area contributed by atoms with E-state index in [2.05, 4.69) is 15.6 Å². The Morgan fingerprint density at radius 1 is 1.17 bits per heavy atom. The number of carbonyl (C=O) groups is 1. The number of fused-ring (bicyclic) bond motifs is 2. The van der Waals surface area contributed by atoms with E-state index in [4.69, 9.17) is 4.42 Å². The van der Waals surface area contributed by atoms with Crippen molar-refractivity contribution in [1.29, 1.82) is 0 Å². The molecule has 6 heteroatoms. The molecule has 4 rings (SSSR count). The van der Waals surface area contributed by atoms with E-state index in [1.54, 1.807) is 30.5 Å². The molecule has 2 aliphatic heterocycles. The highest BCUT2D eigenvalue weighted by Gasteiger charge is 2.34. The van der Waals surface area contributed by atoms with Crippen LogP contribution in [0.1, 0.15) is 36.0 Å². The number of aromatic nitrogens is 1. The molecule has 2 bridgehead atoms. The molecule has 2 aliphatic rings. The first-order chi connectivity index (χ1) is 11.2. The Morgan fingerprint density at radius 3 is 2.61 bits per heavy atom. The van der Waals surface area contributed by atoms with Crippen molar-refractivity contribution >= 4 is 5.91 Å². The topological polar surface area (TPSA) is 87.1 Å². The average Bonchev–Trinajstić information content (AvgIpc) is 3.17. The van der Waals surface area contributed by atoms with E-state index >= 15 is 0 Å². The van der Waals surface area contributed by atoms with Crippen molar-refractivity contribution in [2.75, 3.05) is 0 Å². The zero-order chi connectivity index (χ0) is 15.8. The van der Waals surface area contributed by atoms with Crippen molar-refractivity contribution in [3.05, 3.63) is 46.4 Å². The van der Waals surface area contributed by atoms with E-state index in [0.29, 0.717) is 23.5 Å². The molecule has 0 aromatic carbocycles. The maximum Gasteiger partial charge on any atom is 0.261 e. The molecule has 120 valence electrons. The first kappa shape index (κ1) is 14.3. The van der Waals surface area contributed by atoms with Crippen LogP contribution in [0, 0.1) is 0 Å². The number of amides is 1. The van der Waals surface area contributed by atoms with Gasteiger partial charge in [-0.25, -0.2) is 0 Å². The predicted molar refractivity (Wildman–Crippen MR) is 85.2 cm³/mol. The number of rotatable bonds is 3. The third-order valence-corrected chi connectivity index (χ3v) is 4.75. The number of hydrogen-bond acceptors (Lipinski definition) is 4. The highest BCUT2D eigenvalue weighted by Crippen LogP contribution is 2.26. The number of hydrogen-bond donors (Lipinski definition) is 3. The van der Waals surface area contributed by atoms with Gasteiger partial charge >= 0.3 is 0 Å². The summed E-state index contributed by atoms with van der Waals surface area (Å²) in [5, 5.41) is 6.55. The molecule has 0 radical (unpaired) electrons. The zero-order valence-electron chi connectivity index (χ0n) is 12.7. The number of H-pyrrole nitrogens is 1. The van der Waals surface area contributed by atoms with Crippen LogP contribution in [-0.4, -0.2) is 29.0 Å². The minimum atomic E-state index is -0.395. The second-order valence-corrected chi connectivity index (χ2v) is 6.37. The number of pyridine rings is 1. The van der Waals surface area contributed by atoms with Gasteiger partial charge in [-0.05, 0) is 49.9 Å². The van der Waals surface area contributed by atoms with Gasteiger partial charge in [-0.1, -0.05) is 0 Å². The molecule has 0 saturated carbocycles. The fraction of sp³-hybridized carbons (Fsp3) is 0.412. The molecule has 2 unspecified atom stereocenters. The van der Waals surface area contributed by atoms with Crippen LogP contribution in [0.25, 0.3) is 11.5 Å². The summed E-state index contributed by atoms with van der Waals surface area (Å²) >= 11 is 0. The number of piperidine rings is 1. The molecule has 4 heterocycles. The molecule has 6 nitrogen and oxygen atoms in total. The normalized spacial score (nSPS) is 26.2. The molecule has 2 fully saturated rings. The average molecular weight is 313 g/mol. The van der Waals surface area contributed by atoms with Gasteiger partial charge in [0.2, 0.25) is 0 Å². The van der Waals surface area contributed by atoms with Crippen LogP contribution in [0.2, 0.25) is 0 Å². The Hall–Kier alpha value is -2.34. The lowest BCUT2D eigenvalue weighted by atomic mass is 9.99. The molecule has 2 atom stereocenters. The van der Waals surface area contributed by atoms with Crippen molar-refractivity contribution in [2.45, 2.75) is 43.8 Å². The SMILES string of the molecule is O=C(NC1CC2CCC(C1)N2)c1ccc(-c2ccco2)[nH]c1=O. The molecule has 2 aromatic heterocycles. The summed E-state index contributed by atoms with van der Waals surface area (Å²) < 4.78 is 5.25. The summed E-state index contributed by atoms with van der Waals surface area (Å²) in [5.41, 5.74) is 0.316. The predicted octanol–water partition coefficient (Wildman–Crippen LogP) is 1.65. The highest BCUT2D eigenvalue weighted by molar-refractivity contribution is 5.94. The largest absolute Gasteiger partial charge is 0.463 e. The van der Waals surface area contributed by atoms with Crippen molar-refractivity contribution < 1.29 is 9.21 Å². The fourth-order valence-electron chi connectivity index (χ4n) is 3.67. The van der Waals surface area contributed by atoms with E-state index in [1.165, 1.54) is 12.8 Å². The lowest BCUT2D eigenvalue weighted by Gasteiger charge is -2.29. The number of furan rings is 1. The Morgan fingerprint density at radius 2 is 1.96 bits per heavy atom. The van der Waals surface area contributed by atoms with Gasteiger partial charge < -0.3 is 20.0 Å². The van der Waals surface area contributed by atoms with Crippen molar-refractivity contribution in [2.24, 2.45) is 0 Å². The standard InChI is InChI=1S/C17H19N3O3/c21-16(19-12-8-10-3-4-11(9-12)18-10)13-5-6-14(20-17(13)22)15-2-1-7-23-15/h1-2,5-7,10-12,18H,3-4,8-9H2,(H,19,21)(H,20,22). The first-order valence-corrected chi connectivity index (χ1v) is 8.03. The van der Waals surface area contributed by atoms with Gasteiger partial charge in [-0.15, -0.1) is 0 Å². The zero-order valence-corrected chi connectivity index (χ0v) is 12.7. The second kappa shape index (κ2) is 5.70. The summed E-state index contributed by atoms with van der Waals surface area (Å²) in [6, 6.07) is 7.90. The molecule has 2 aromatic rings. The van der Waals surface area contributed by atoms with Crippen LogP contribution < -0.4 is 16.2 Å². The van der Waals surface area contributed by atoms with Gasteiger partial charge in [0.15, 0.2) is 0 Å². The van der Waals surface area contributed by atoms with Crippen LogP contribution >= 0.6 is 0 Å². The van der Waals surface area contributed by atoms with Crippen LogP contribution in [0.5, 0.6) is 0 Å². The second-order valence-electron chi connectivity index (χ2n) is 6.37. The first-order valence-electron chi connectivity index (χ1n) is 8.03. The molecular weight excluding hydrogens is 294 g/mol. The lowest BCUT2D eigenvalue weighted by molar-refractivity contribution is 0.0922. The highest BCUT2D eigenvalue weighted by atomic mass is 16.3. The Balaban J connectivity index is 1.49. The van der Waals surface area contributed by atoms with Crippen molar-refractivity contribution in [3.8, 4) is 11.5 Å². The maximum atomic E-state index is 12.4. The van der Waals surface area contributed by atoms with E-state index in [0.717, 1.165) is 12.8 Å². The van der Waals surface area contributed by atoms with Gasteiger partial charge in [0.05, 0.1) is 12.0 Å². The molecule has 0 aliphatic carbocycles. The molecule has 1 amide bonds. The van der Waals surface area contributed by atoms with E-state index < -0.39 is 5.56 Å². The van der Waals surface area contributed by atoms with Crippen LogP contribution in [-0.2, 0) is 0 Å². The Bertz CT molecular complexity index is 754. The van der Waals surface area contributed by atoms with Gasteiger partial charge in [0, 0.05) is 18.1 Å². The molecule has 2 saturated heterocycles. The fourth-order valence-corrected chi connectivity index (χ4v) is 3.67. The number of aromatic amines is 1. The van der Waals surface area contributed by atoms with Gasteiger partial charge in [-0.3, -0.25) is 9.59 Å². The van der Waals surface area contributed by atoms with Crippen molar-refractivity contribution in [3.63, 3.8) is 0 Å². The van der Waals surface area contributed by atoms with E-state index in [9.17, 15) is 9.59 Å². The molecular formula is C17H19N3O3. The molecule has 0 spiro atoms. The van der Waals surface area contributed by atoms with E-state index in [1.807, 2.05) is 0 Å².